The van der Waals surface area contributed by atoms with E-state index < -0.39 is 17.4 Å². The van der Waals surface area contributed by atoms with Gasteiger partial charge in [-0.1, -0.05) is 27.5 Å². The normalized spacial score (nSPS) is 11.8. The minimum atomic E-state index is -4.51. The number of alkyl halides is 4. The number of nitrogens with two attached hydrogens (primary N) is 1. The summed E-state index contributed by atoms with van der Waals surface area (Å²) >= 11 is 8.43. The molecule has 0 bridgehead atoms. The van der Waals surface area contributed by atoms with E-state index >= 15 is 0 Å². The van der Waals surface area contributed by atoms with E-state index in [4.69, 9.17) is 17.3 Å². The highest BCUT2D eigenvalue weighted by atomic mass is 79.9. The smallest absolute Gasteiger partial charge is 0.396 e. The molecule has 1 rings (SSSR count). The summed E-state index contributed by atoms with van der Waals surface area (Å²) in [6, 6.07) is 0.871. The average molecular weight is 289 g/mol. The van der Waals surface area contributed by atoms with Crippen LogP contribution in [0.2, 0.25) is 5.15 Å². The second-order valence-electron chi connectivity index (χ2n) is 2.50. The fraction of sp³-hybridized carbons (Fsp3) is 0.286. The van der Waals surface area contributed by atoms with Crippen molar-refractivity contribution in [3.8, 4) is 0 Å². The van der Waals surface area contributed by atoms with Crippen LogP contribution in [-0.4, -0.2) is 4.98 Å². The monoisotopic (exact) mass is 288 g/mol. The van der Waals surface area contributed by atoms with E-state index in [1.807, 2.05) is 0 Å². The van der Waals surface area contributed by atoms with Crippen molar-refractivity contribution >= 4 is 33.2 Å². The largest absolute Gasteiger partial charge is 0.418 e. The molecule has 0 atom stereocenters. The van der Waals surface area contributed by atoms with Gasteiger partial charge in [-0.3, -0.25) is 0 Å². The topological polar surface area (TPSA) is 38.9 Å². The van der Waals surface area contributed by atoms with E-state index in [-0.39, 0.29) is 16.2 Å². The maximum atomic E-state index is 12.4. The Morgan fingerprint density at radius 3 is 2.50 bits per heavy atom. The third-order valence-electron chi connectivity index (χ3n) is 1.51. The third kappa shape index (κ3) is 2.30. The number of hydrogen-bond donors (Lipinski definition) is 1. The van der Waals surface area contributed by atoms with E-state index in [0.717, 1.165) is 6.07 Å². The molecule has 14 heavy (non-hydrogen) atoms. The molecule has 1 heterocycles. The Labute approximate surface area is 91.4 Å². The van der Waals surface area contributed by atoms with Gasteiger partial charge < -0.3 is 5.73 Å². The Morgan fingerprint density at radius 1 is 1.50 bits per heavy atom. The van der Waals surface area contributed by atoms with Crippen LogP contribution in [0.3, 0.4) is 0 Å². The lowest BCUT2D eigenvalue weighted by atomic mass is 10.2. The van der Waals surface area contributed by atoms with Crippen LogP contribution in [0.1, 0.15) is 11.3 Å². The first-order chi connectivity index (χ1) is 6.36. The van der Waals surface area contributed by atoms with Crippen molar-refractivity contribution in [1.82, 2.24) is 4.98 Å². The van der Waals surface area contributed by atoms with E-state index in [1.54, 1.807) is 0 Å². The minimum Gasteiger partial charge on any atom is -0.396 e. The van der Waals surface area contributed by atoms with Gasteiger partial charge in [0.1, 0.15) is 0 Å². The van der Waals surface area contributed by atoms with Gasteiger partial charge in [0.05, 0.1) is 16.9 Å². The van der Waals surface area contributed by atoms with Crippen molar-refractivity contribution < 1.29 is 13.2 Å². The molecule has 1 aromatic heterocycles. The van der Waals surface area contributed by atoms with E-state index in [1.165, 1.54) is 0 Å². The summed E-state index contributed by atoms with van der Waals surface area (Å²) < 4.78 is 37.1. The summed E-state index contributed by atoms with van der Waals surface area (Å²) in [7, 11) is 0. The first-order valence-corrected chi connectivity index (χ1v) is 4.94. The highest BCUT2D eigenvalue weighted by Gasteiger charge is 2.34. The molecule has 7 heteroatoms. The van der Waals surface area contributed by atoms with Crippen molar-refractivity contribution in [3.63, 3.8) is 0 Å². The number of halogens is 5. The summed E-state index contributed by atoms with van der Waals surface area (Å²) in [5.41, 5.74) is 3.86. The standard InChI is InChI=1S/C7H5BrClF3N2/c8-2-3-1-4(7(10,11)12)5(13)6(9)14-3/h1H,2,13H2. The number of rotatable bonds is 1. The molecule has 0 aromatic carbocycles. The molecule has 0 unspecified atom stereocenters. The molecule has 0 fully saturated rings. The van der Waals surface area contributed by atoms with Crippen molar-refractivity contribution in [3.05, 3.63) is 22.5 Å². The second kappa shape index (κ2) is 3.94. The molecule has 0 aliphatic carbocycles. The molecular weight excluding hydrogens is 284 g/mol. The Balaban J connectivity index is 3.35. The van der Waals surface area contributed by atoms with Crippen LogP contribution >= 0.6 is 27.5 Å². The van der Waals surface area contributed by atoms with Crippen LogP contribution in [0, 0.1) is 0 Å². The third-order valence-corrected chi connectivity index (χ3v) is 2.37. The Morgan fingerprint density at radius 2 is 2.07 bits per heavy atom. The van der Waals surface area contributed by atoms with Crippen molar-refractivity contribution in [2.45, 2.75) is 11.5 Å². The highest BCUT2D eigenvalue weighted by Crippen LogP contribution is 2.36. The van der Waals surface area contributed by atoms with Crippen molar-refractivity contribution in [2.24, 2.45) is 0 Å². The Hall–Kier alpha value is -0.490. The van der Waals surface area contributed by atoms with Crippen molar-refractivity contribution in [1.29, 1.82) is 0 Å². The molecule has 2 N–H and O–H groups in total. The predicted octanol–water partition coefficient (Wildman–Crippen LogP) is 3.23. The fourth-order valence-corrected chi connectivity index (χ4v) is 1.37. The molecule has 78 valence electrons. The van der Waals surface area contributed by atoms with Gasteiger partial charge in [-0.2, -0.15) is 13.2 Å². The quantitative estimate of drug-likeness (QED) is 0.637. The molecule has 0 amide bonds. The van der Waals surface area contributed by atoms with Crippen LogP contribution in [0.15, 0.2) is 6.07 Å². The minimum absolute atomic E-state index is 0.191. The van der Waals surface area contributed by atoms with Crippen molar-refractivity contribution in [2.75, 3.05) is 5.73 Å². The van der Waals surface area contributed by atoms with Crippen LogP contribution in [-0.2, 0) is 11.5 Å². The number of pyridine rings is 1. The summed E-state index contributed by atoms with van der Waals surface area (Å²) in [6.45, 7) is 0. The zero-order valence-corrected chi connectivity index (χ0v) is 9.04. The Kier molecular flexibility index (Phi) is 3.26. The number of nitrogen functional groups attached to an aromatic ring is 1. The molecular formula is C7H5BrClF3N2. The molecule has 0 saturated heterocycles. The van der Waals surface area contributed by atoms with E-state index in [2.05, 4.69) is 20.9 Å². The zero-order chi connectivity index (χ0) is 10.9. The maximum absolute atomic E-state index is 12.4. The van der Waals surface area contributed by atoms with Gasteiger partial charge in [-0.05, 0) is 6.07 Å². The lowest BCUT2D eigenvalue weighted by Gasteiger charge is -2.11. The van der Waals surface area contributed by atoms with Gasteiger partial charge in [0.2, 0.25) is 0 Å². The fourth-order valence-electron chi connectivity index (χ4n) is 0.877. The summed E-state index contributed by atoms with van der Waals surface area (Å²) in [5, 5.41) is -0.134. The highest BCUT2D eigenvalue weighted by molar-refractivity contribution is 9.08. The summed E-state index contributed by atoms with van der Waals surface area (Å²) in [5.74, 6) is 0. The van der Waals surface area contributed by atoms with Gasteiger partial charge in [-0.25, -0.2) is 4.98 Å². The average Bonchev–Trinajstić information content (AvgIpc) is 2.07. The molecule has 0 aliphatic rings. The molecule has 0 spiro atoms. The molecule has 2 nitrogen and oxygen atoms in total. The van der Waals surface area contributed by atoms with Gasteiger partial charge >= 0.3 is 6.18 Å². The lowest BCUT2D eigenvalue weighted by Crippen LogP contribution is -2.11. The van der Waals surface area contributed by atoms with Gasteiger partial charge in [0, 0.05) is 5.33 Å². The summed E-state index contributed by atoms with van der Waals surface area (Å²) in [4.78, 5) is 3.66. The molecule has 0 aliphatic heterocycles. The van der Waals surface area contributed by atoms with Gasteiger partial charge in [-0.15, -0.1) is 0 Å². The van der Waals surface area contributed by atoms with Crippen LogP contribution in [0.5, 0.6) is 0 Å². The number of hydrogen-bond acceptors (Lipinski definition) is 2. The molecule has 0 radical (unpaired) electrons. The van der Waals surface area contributed by atoms with Crippen LogP contribution < -0.4 is 5.73 Å². The number of nitrogens with zero attached hydrogens (tertiary/aromatic N) is 1. The summed E-state index contributed by atoms with van der Waals surface area (Å²) in [6.07, 6.45) is -4.51. The Bertz CT molecular complexity index is 354. The SMILES string of the molecule is Nc1c(C(F)(F)F)cc(CBr)nc1Cl. The second-order valence-corrected chi connectivity index (χ2v) is 3.42. The number of anilines is 1. The predicted molar refractivity (Wildman–Crippen MR) is 51.3 cm³/mol. The van der Waals surface area contributed by atoms with E-state index in [0.29, 0.717) is 0 Å². The van der Waals surface area contributed by atoms with Crippen LogP contribution in [0.25, 0.3) is 0 Å². The molecule has 0 saturated carbocycles. The first kappa shape index (κ1) is 11.6. The zero-order valence-electron chi connectivity index (χ0n) is 6.70. The first-order valence-electron chi connectivity index (χ1n) is 3.44. The van der Waals surface area contributed by atoms with Gasteiger partial charge in [0.15, 0.2) is 5.15 Å². The van der Waals surface area contributed by atoms with E-state index in [9.17, 15) is 13.2 Å². The number of aromatic nitrogens is 1. The van der Waals surface area contributed by atoms with Gasteiger partial charge in [0.25, 0.3) is 0 Å². The maximum Gasteiger partial charge on any atom is 0.418 e. The lowest BCUT2D eigenvalue weighted by molar-refractivity contribution is -0.137. The molecule has 1 aromatic rings. The van der Waals surface area contributed by atoms with Crippen LogP contribution in [0.4, 0.5) is 18.9 Å².